The molecule has 2 aliphatic heterocycles. The molecule has 3 nitrogen and oxygen atoms in total. The maximum Gasteiger partial charge on any atom is 0.132 e. The van der Waals surface area contributed by atoms with Crippen molar-refractivity contribution >= 4 is 38.5 Å². The van der Waals surface area contributed by atoms with Crippen molar-refractivity contribution in [1.82, 2.24) is 5.32 Å². The van der Waals surface area contributed by atoms with Crippen molar-refractivity contribution in [2.75, 3.05) is 6.54 Å². The molecule has 0 radical (unpaired) electrons. The second kappa shape index (κ2) is 4.64. The molecule has 1 atom stereocenters. The molecule has 106 valence electrons. The van der Waals surface area contributed by atoms with E-state index in [0.29, 0.717) is 5.82 Å². The number of nitrogens with one attached hydrogen (secondary N) is 1. The maximum atomic E-state index is 6.09. The molecular formula is C16H12BrIN2O. The van der Waals surface area contributed by atoms with Gasteiger partial charge in [0.1, 0.15) is 11.5 Å². The van der Waals surface area contributed by atoms with Gasteiger partial charge in [-0.3, -0.25) is 0 Å². The summed E-state index contributed by atoms with van der Waals surface area (Å²) < 4.78 is 8.31. The number of rotatable bonds is 0. The Morgan fingerprint density at radius 2 is 1.86 bits per heavy atom. The van der Waals surface area contributed by atoms with Gasteiger partial charge in [0.25, 0.3) is 0 Å². The molecule has 4 rings (SSSR count). The van der Waals surface area contributed by atoms with E-state index in [4.69, 9.17) is 10.5 Å². The molecule has 2 aromatic rings. The van der Waals surface area contributed by atoms with E-state index in [2.05, 4.69) is 68.1 Å². The first-order chi connectivity index (χ1) is 10.1. The molecule has 3 N–H and O–H groups in total. The van der Waals surface area contributed by atoms with E-state index in [0.717, 1.165) is 33.6 Å². The van der Waals surface area contributed by atoms with Gasteiger partial charge in [0.05, 0.1) is 11.2 Å². The lowest BCUT2D eigenvalue weighted by Crippen LogP contribution is -2.34. The van der Waals surface area contributed by atoms with Gasteiger partial charge in [0.15, 0.2) is 0 Å². The number of halogens is 2. The van der Waals surface area contributed by atoms with Gasteiger partial charge in [-0.15, -0.1) is 0 Å². The molecule has 0 unspecified atom stereocenters. The second-order valence-corrected chi connectivity index (χ2v) is 7.47. The quantitative estimate of drug-likeness (QED) is 0.594. The third kappa shape index (κ3) is 1.97. The van der Waals surface area contributed by atoms with E-state index in [1.54, 1.807) is 0 Å². The van der Waals surface area contributed by atoms with E-state index in [-0.39, 0.29) is 5.41 Å². The predicted molar refractivity (Wildman–Crippen MR) is 94.4 cm³/mol. The Hall–Kier alpha value is -1.21. The number of ether oxygens (including phenoxy) is 1. The highest BCUT2D eigenvalue weighted by molar-refractivity contribution is 14.1. The standard InChI is InChI=1S/C16H12BrIN2O/c17-9-1-3-13-11(5-9)16(7-15(19)20-8-16)12-6-10(18)2-4-14(12)21-13/h1-7,20H,8,19H2/t16-/m0/s1. The van der Waals surface area contributed by atoms with Crippen LogP contribution in [0.25, 0.3) is 0 Å². The predicted octanol–water partition coefficient (Wildman–Crippen LogP) is 3.85. The van der Waals surface area contributed by atoms with Crippen LogP contribution < -0.4 is 15.8 Å². The largest absolute Gasteiger partial charge is 0.457 e. The van der Waals surface area contributed by atoms with Crippen molar-refractivity contribution in [1.29, 1.82) is 0 Å². The molecule has 0 saturated heterocycles. The van der Waals surface area contributed by atoms with Crippen LogP contribution in [-0.4, -0.2) is 6.54 Å². The zero-order chi connectivity index (χ0) is 14.6. The summed E-state index contributed by atoms with van der Waals surface area (Å²) in [7, 11) is 0. The van der Waals surface area contributed by atoms with Crippen LogP contribution in [0.2, 0.25) is 0 Å². The summed E-state index contributed by atoms with van der Waals surface area (Å²) in [5, 5.41) is 3.27. The van der Waals surface area contributed by atoms with Crippen molar-refractivity contribution in [3.05, 3.63) is 67.5 Å². The molecule has 0 bridgehead atoms. The van der Waals surface area contributed by atoms with Crippen LogP contribution in [-0.2, 0) is 5.41 Å². The van der Waals surface area contributed by atoms with Crippen molar-refractivity contribution in [3.63, 3.8) is 0 Å². The van der Waals surface area contributed by atoms with Gasteiger partial charge in [0, 0.05) is 25.7 Å². The van der Waals surface area contributed by atoms with Gasteiger partial charge in [-0.25, -0.2) is 0 Å². The summed E-state index contributed by atoms with van der Waals surface area (Å²) in [4.78, 5) is 0. The molecule has 1 spiro atoms. The Balaban J connectivity index is 2.05. The first-order valence-corrected chi connectivity index (χ1v) is 8.46. The second-order valence-electron chi connectivity index (χ2n) is 5.31. The summed E-state index contributed by atoms with van der Waals surface area (Å²) in [6.45, 7) is 0.749. The normalized spacial score (nSPS) is 22.1. The fourth-order valence-corrected chi connectivity index (χ4v) is 3.95. The van der Waals surface area contributed by atoms with Crippen LogP contribution in [0, 0.1) is 3.57 Å². The van der Waals surface area contributed by atoms with E-state index in [1.165, 1.54) is 3.57 Å². The molecule has 0 fully saturated rings. The zero-order valence-corrected chi connectivity index (χ0v) is 14.7. The number of nitrogens with two attached hydrogens (primary N) is 1. The Kier molecular flexibility index (Phi) is 2.97. The highest BCUT2D eigenvalue weighted by Crippen LogP contribution is 2.51. The average molecular weight is 455 g/mol. The number of hydrogen-bond acceptors (Lipinski definition) is 3. The molecule has 0 aromatic heterocycles. The maximum absolute atomic E-state index is 6.09. The van der Waals surface area contributed by atoms with Crippen LogP contribution in [0.3, 0.4) is 0 Å². The zero-order valence-electron chi connectivity index (χ0n) is 11.0. The van der Waals surface area contributed by atoms with E-state index >= 15 is 0 Å². The average Bonchev–Trinajstić information content (AvgIpc) is 2.84. The Labute approximate surface area is 144 Å². The van der Waals surface area contributed by atoms with Crippen LogP contribution in [0.15, 0.2) is 52.8 Å². The summed E-state index contributed by atoms with van der Waals surface area (Å²) in [5.41, 5.74) is 8.06. The van der Waals surface area contributed by atoms with Gasteiger partial charge < -0.3 is 15.8 Å². The van der Waals surface area contributed by atoms with Crippen molar-refractivity contribution in [2.24, 2.45) is 5.73 Å². The van der Waals surface area contributed by atoms with Crippen molar-refractivity contribution in [2.45, 2.75) is 5.41 Å². The third-order valence-electron chi connectivity index (χ3n) is 4.04. The van der Waals surface area contributed by atoms with Gasteiger partial charge in [-0.2, -0.15) is 0 Å². The molecule has 0 aliphatic carbocycles. The minimum Gasteiger partial charge on any atom is -0.457 e. The first-order valence-electron chi connectivity index (χ1n) is 6.59. The summed E-state index contributed by atoms with van der Waals surface area (Å²) in [6.07, 6.45) is 2.11. The van der Waals surface area contributed by atoms with E-state index < -0.39 is 0 Å². The summed E-state index contributed by atoms with van der Waals surface area (Å²) >= 11 is 5.89. The van der Waals surface area contributed by atoms with Gasteiger partial charge in [0.2, 0.25) is 0 Å². The van der Waals surface area contributed by atoms with Crippen molar-refractivity contribution < 1.29 is 4.74 Å². The molecule has 5 heteroatoms. The van der Waals surface area contributed by atoms with E-state index in [1.807, 2.05) is 18.2 Å². The minimum absolute atomic E-state index is 0.266. The number of hydrogen-bond donors (Lipinski definition) is 2. The lowest BCUT2D eigenvalue weighted by molar-refractivity contribution is 0.424. The van der Waals surface area contributed by atoms with Gasteiger partial charge in [-0.1, -0.05) is 15.9 Å². The molecule has 2 aromatic carbocycles. The lowest BCUT2D eigenvalue weighted by atomic mass is 9.73. The topological polar surface area (TPSA) is 47.3 Å². The molecule has 0 saturated carbocycles. The highest BCUT2D eigenvalue weighted by Gasteiger charge is 2.43. The van der Waals surface area contributed by atoms with Gasteiger partial charge >= 0.3 is 0 Å². The summed E-state index contributed by atoms with van der Waals surface area (Å²) in [5.74, 6) is 2.50. The fourth-order valence-electron chi connectivity index (χ4n) is 3.10. The van der Waals surface area contributed by atoms with Crippen LogP contribution in [0.1, 0.15) is 11.1 Å². The lowest BCUT2D eigenvalue weighted by Gasteiger charge is -2.35. The Bertz CT molecular complexity index is 736. The monoisotopic (exact) mass is 454 g/mol. The SMILES string of the molecule is NC1=C[C@]2(CN1)c1cc(Br)ccc1Oc1ccc(I)cc12. The Morgan fingerprint density at radius 1 is 1.14 bits per heavy atom. The summed E-state index contributed by atoms with van der Waals surface area (Å²) in [6, 6.07) is 12.4. The van der Waals surface area contributed by atoms with Crippen LogP contribution >= 0.6 is 38.5 Å². The van der Waals surface area contributed by atoms with Crippen LogP contribution in [0.5, 0.6) is 11.5 Å². The number of fused-ring (bicyclic) bond motifs is 4. The number of benzene rings is 2. The molecular weight excluding hydrogens is 443 g/mol. The van der Waals surface area contributed by atoms with Crippen LogP contribution in [0.4, 0.5) is 0 Å². The smallest absolute Gasteiger partial charge is 0.132 e. The molecule has 2 aliphatic rings. The van der Waals surface area contributed by atoms with Gasteiger partial charge in [-0.05, 0) is 65.1 Å². The third-order valence-corrected chi connectivity index (χ3v) is 5.20. The molecule has 2 heterocycles. The van der Waals surface area contributed by atoms with E-state index in [9.17, 15) is 0 Å². The van der Waals surface area contributed by atoms with Crippen molar-refractivity contribution in [3.8, 4) is 11.5 Å². The fraction of sp³-hybridized carbons (Fsp3) is 0.125. The highest BCUT2D eigenvalue weighted by atomic mass is 127. The first kappa shape index (κ1) is 13.5. The molecule has 21 heavy (non-hydrogen) atoms. The Morgan fingerprint density at radius 3 is 2.57 bits per heavy atom. The minimum atomic E-state index is -0.266. The molecule has 0 amide bonds.